The number of hydrogen-bond acceptors (Lipinski definition) is 3. The third kappa shape index (κ3) is 2.88. The number of methoxy groups -OCH3 is 1. The van der Waals surface area contributed by atoms with E-state index < -0.39 is 11.7 Å². The minimum Gasteiger partial charge on any atom is -0.380 e. The number of nitrogens with zero attached hydrogens (tertiary/aromatic N) is 2. The highest BCUT2D eigenvalue weighted by atomic mass is 19.4. The highest BCUT2D eigenvalue weighted by molar-refractivity contribution is 5.92. The number of hydrogen-bond donors (Lipinski definition) is 0. The molecule has 0 spiro atoms. The van der Waals surface area contributed by atoms with Crippen molar-refractivity contribution >= 4 is 16.6 Å². The van der Waals surface area contributed by atoms with E-state index in [-0.39, 0.29) is 6.10 Å². The maximum atomic E-state index is 12.8. The smallest absolute Gasteiger partial charge is 0.380 e. The van der Waals surface area contributed by atoms with Gasteiger partial charge < -0.3 is 9.64 Å². The Hall–Kier alpha value is -1.82. The number of benzene rings is 1. The molecule has 3 nitrogen and oxygen atoms in total. The standard InChI is InChI=1S/C16H17F3N2O/c1-22-12-3-2-8-21(10-12)15-6-7-20-14-9-11(16(17,18)19)4-5-13(14)15/h4-7,9,12H,2-3,8,10H2,1H3. The van der Waals surface area contributed by atoms with Crippen LogP contribution in [-0.4, -0.2) is 31.3 Å². The second kappa shape index (κ2) is 5.76. The lowest BCUT2D eigenvalue weighted by atomic mass is 10.0. The summed E-state index contributed by atoms with van der Waals surface area (Å²) in [5.41, 5.74) is 0.616. The van der Waals surface area contributed by atoms with Gasteiger partial charge in [0.05, 0.1) is 17.2 Å². The number of alkyl halides is 3. The summed E-state index contributed by atoms with van der Waals surface area (Å²) >= 11 is 0. The average molecular weight is 310 g/mol. The number of halogens is 3. The van der Waals surface area contributed by atoms with Gasteiger partial charge in [-0.15, -0.1) is 0 Å². The first-order chi connectivity index (χ1) is 10.5. The van der Waals surface area contributed by atoms with Crippen LogP contribution in [0.15, 0.2) is 30.5 Å². The molecule has 1 aliphatic heterocycles. The Labute approximate surface area is 126 Å². The van der Waals surface area contributed by atoms with Crippen molar-refractivity contribution in [2.45, 2.75) is 25.1 Å². The molecule has 2 aromatic rings. The van der Waals surface area contributed by atoms with Gasteiger partial charge in [-0.05, 0) is 31.0 Å². The van der Waals surface area contributed by atoms with Crippen molar-refractivity contribution in [3.05, 3.63) is 36.0 Å². The zero-order valence-corrected chi connectivity index (χ0v) is 12.2. The molecule has 22 heavy (non-hydrogen) atoms. The first-order valence-electron chi connectivity index (χ1n) is 7.23. The van der Waals surface area contributed by atoms with Gasteiger partial charge in [-0.3, -0.25) is 4.98 Å². The summed E-state index contributed by atoms with van der Waals surface area (Å²) in [5.74, 6) is 0. The molecular formula is C16H17F3N2O. The van der Waals surface area contributed by atoms with E-state index >= 15 is 0 Å². The topological polar surface area (TPSA) is 25.4 Å². The number of aromatic nitrogens is 1. The normalized spacial score (nSPS) is 19.6. The summed E-state index contributed by atoms with van der Waals surface area (Å²) in [6.07, 6.45) is -0.616. The number of fused-ring (bicyclic) bond motifs is 1. The Bertz CT molecular complexity index is 672. The van der Waals surface area contributed by atoms with Crippen LogP contribution >= 0.6 is 0 Å². The number of ether oxygens (including phenoxy) is 1. The van der Waals surface area contributed by atoms with Crippen molar-refractivity contribution in [2.75, 3.05) is 25.1 Å². The Kier molecular flexibility index (Phi) is 3.95. The largest absolute Gasteiger partial charge is 0.416 e. The van der Waals surface area contributed by atoms with Gasteiger partial charge in [0.2, 0.25) is 0 Å². The molecule has 0 saturated carbocycles. The van der Waals surface area contributed by atoms with E-state index in [1.54, 1.807) is 13.3 Å². The van der Waals surface area contributed by atoms with Crippen LogP contribution in [0.4, 0.5) is 18.9 Å². The number of piperidine rings is 1. The fourth-order valence-electron chi connectivity index (χ4n) is 2.93. The quantitative estimate of drug-likeness (QED) is 0.842. The SMILES string of the molecule is COC1CCCN(c2ccnc3cc(C(F)(F)F)ccc23)C1. The molecule has 1 fully saturated rings. The molecule has 6 heteroatoms. The van der Waals surface area contributed by atoms with E-state index in [9.17, 15) is 13.2 Å². The predicted octanol–water partition coefficient (Wildman–Crippen LogP) is 3.87. The molecule has 2 heterocycles. The lowest BCUT2D eigenvalue weighted by molar-refractivity contribution is -0.137. The van der Waals surface area contributed by atoms with Crippen molar-refractivity contribution in [1.82, 2.24) is 4.98 Å². The summed E-state index contributed by atoms with van der Waals surface area (Å²) in [4.78, 5) is 6.25. The van der Waals surface area contributed by atoms with Crippen LogP contribution in [0, 0.1) is 0 Å². The molecule has 1 aliphatic rings. The van der Waals surface area contributed by atoms with Crippen molar-refractivity contribution in [3.8, 4) is 0 Å². The van der Waals surface area contributed by atoms with Gasteiger partial charge in [0.25, 0.3) is 0 Å². The zero-order valence-electron chi connectivity index (χ0n) is 12.2. The molecule has 1 atom stereocenters. The van der Waals surface area contributed by atoms with Crippen LogP contribution in [-0.2, 0) is 10.9 Å². The molecular weight excluding hydrogens is 293 g/mol. The van der Waals surface area contributed by atoms with Gasteiger partial charge in [0.15, 0.2) is 0 Å². The molecule has 3 rings (SSSR count). The van der Waals surface area contributed by atoms with E-state index in [4.69, 9.17) is 4.74 Å². The van der Waals surface area contributed by atoms with E-state index in [1.807, 2.05) is 6.07 Å². The minimum absolute atomic E-state index is 0.159. The fourth-order valence-corrected chi connectivity index (χ4v) is 2.93. The van der Waals surface area contributed by atoms with Crippen molar-refractivity contribution in [1.29, 1.82) is 0 Å². The van der Waals surface area contributed by atoms with Crippen molar-refractivity contribution < 1.29 is 17.9 Å². The van der Waals surface area contributed by atoms with Crippen LogP contribution in [0.2, 0.25) is 0 Å². The van der Waals surface area contributed by atoms with Gasteiger partial charge in [-0.25, -0.2) is 0 Å². The third-order valence-electron chi connectivity index (χ3n) is 4.10. The van der Waals surface area contributed by atoms with Crippen LogP contribution in [0.3, 0.4) is 0 Å². The average Bonchev–Trinajstić information content (AvgIpc) is 2.53. The van der Waals surface area contributed by atoms with Gasteiger partial charge in [0, 0.05) is 37.5 Å². The summed E-state index contributed by atoms with van der Waals surface area (Å²) in [6.45, 7) is 1.62. The van der Waals surface area contributed by atoms with E-state index in [0.717, 1.165) is 49.1 Å². The summed E-state index contributed by atoms with van der Waals surface area (Å²) < 4.78 is 43.9. The first-order valence-corrected chi connectivity index (χ1v) is 7.23. The number of rotatable bonds is 2. The highest BCUT2D eigenvalue weighted by Crippen LogP contribution is 2.34. The maximum absolute atomic E-state index is 12.8. The van der Waals surface area contributed by atoms with Crippen LogP contribution in [0.5, 0.6) is 0 Å². The molecule has 118 valence electrons. The fraction of sp³-hybridized carbons (Fsp3) is 0.438. The molecule has 0 bridgehead atoms. The molecule has 1 aromatic carbocycles. The molecule has 0 aliphatic carbocycles. The lowest BCUT2D eigenvalue weighted by Crippen LogP contribution is -2.39. The monoisotopic (exact) mass is 310 g/mol. The Balaban J connectivity index is 2.00. The van der Waals surface area contributed by atoms with Crippen molar-refractivity contribution in [3.63, 3.8) is 0 Å². The maximum Gasteiger partial charge on any atom is 0.416 e. The molecule has 1 saturated heterocycles. The van der Waals surface area contributed by atoms with E-state index in [1.165, 1.54) is 6.07 Å². The molecule has 0 radical (unpaired) electrons. The highest BCUT2D eigenvalue weighted by Gasteiger charge is 2.31. The van der Waals surface area contributed by atoms with Crippen molar-refractivity contribution in [2.24, 2.45) is 0 Å². The van der Waals surface area contributed by atoms with Gasteiger partial charge in [-0.2, -0.15) is 13.2 Å². The summed E-state index contributed by atoms with van der Waals surface area (Å²) in [7, 11) is 1.69. The molecule has 0 N–H and O–H groups in total. The summed E-state index contributed by atoms with van der Waals surface area (Å²) in [5, 5.41) is 0.743. The summed E-state index contributed by atoms with van der Waals surface area (Å²) in [6, 6.07) is 5.59. The van der Waals surface area contributed by atoms with Crippen LogP contribution in [0.25, 0.3) is 10.9 Å². The molecule has 1 aromatic heterocycles. The number of pyridine rings is 1. The third-order valence-corrected chi connectivity index (χ3v) is 4.10. The Morgan fingerprint density at radius 2 is 2.09 bits per heavy atom. The Morgan fingerprint density at radius 1 is 1.27 bits per heavy atom. The zero-order chi connectivity index (χ0) is 15.7. The predicted molar refractivity (Wildman–Crippen MR) is 79.0 cm³/mol. The second-order valence-electron chi connectivity index (χ2n) is 5.51. The van der Waals surface area contributed by atoms with E-state index in [0.29, 0.717) is 5.52 Å². The first kappa shape index (κ1) is 15.1. The van der Waals surface area contributed by atoms with Gasteiger partial charge in [-0.1, -0.05) is 6.07 Å². The minimum atomic E-state index is -4.35. The van der Waals surface area contributed by atoms with Crippen LogP contribution < -0.4 is 4.90 Å². The van der Waals surface area contributed by atoms with E-state index in [2.05, 4.69) is 9.88 Å². The lowest BCUT2D eigenvalue weighted by Gasteiger charge is -2.34. The van der Waals surface area contributed by atoms with Crippen LogP contribution in [0.1, 0.15) is 18.4 Å². The van der Waals surface area contributed by atoms with Gasteiger partial charge >= 0.3 is 6.18 Å². The molecule has 0 amide bonds. The van der Waals surface area contributed by atoms with Gasteiger partial charge in [0.1, 0.15) is 0 Å². The number of anilines is 1. The Morgan fingerprint density at radius 3 is 2.82 bits per heavy atom. The second-order valence-corrected chi connectivity index (χ2v) is 5.51. The molecule has 1 unspecified atom stereocenters.